The Hall–Kier alpha value is -1.05. The van der Waals surface area contributed by atoms with Crippen LogP contribution in [0.15, 0.2) is 12.4 Å². The van der Waals surface area contributed by atoms with Gasteiger partial charge in [-0.3, -0.25) is 0 Å². The third-order valence-electron chi connectivity index (χ3n) is 3.04. The zero-order chi connectivity index (χ0) is 11.2. The van der Waals surface area contributed by atoms with E-state index in [0.29, 0.717) is 5.92 Å². The molecule has 2 heteroatoms. The van der Waals surface area contributed by atoms with Crippen molar-refractivity contribution < 1.29 is 0 Å². The molecule has 1 aliphatic carbocycles. The van der Waals surface area contributed by atoms with E-state index in [1.54, 1.807) is 0 Å². The first-order valence-electron chi connectivity index (χ1n) is 5.62. The molecule has 82 valence electrons. The lowest BCUT2D eigenvalue weighted by molar-refractivity contribution is 0.545. The van der Waals surface area contributed by atoms with Crippen LogP contribution in [-0.4, -0.2) is 9.55 Å². The van der Waals surface area contributed by atoms with E-state index in [0.717, 1.165) is 6.42 Å². The second-order valence-electron chi connectivity index (χ2n) is 5.66. The molecule has 1 heterocycles. The molecule has 2 nitrogen and oxygen atoms in total. The van der Waals surface area contributed by atoms with Crippen molar-refractivity contribution in [3.05, 3.63) is 23.8 Å². The van der Waals surface area contributed by atoms with Crippen LogP contribution in [0.25, 0.3) is 5.57 Å². The van der Waals surface area contributed by atoms with Crippen molar-refractivity contribution in [2.45, 2.75) is 34.1 Å². The van der Waals surface area contributed by atoms with Gasteiger partial charge in [-0.05, 0) is 23.3 Å². The van der Waals surface area contributed by atoms with Crippen LogP contribution in [0.1, 0.15) is 39.1 Å². The Labute approximate surface area is 92.0 Å². The Balaban J connectivity index is 2.57. The number of aryl methyl sites for hydroxylation is 1. The van der Waals surface area contributed by atoms with Crippen LogP contribution in [0, 0.1) is 11.3 Å². The molecule has 1 atom stereocenters. The van der Waals surface area contributed by atoms with Crippen LogP contribution >= 0.6 is 0 Å². The molecule has 0 amide bonds. The van der Waals surface area contributed by atoms with Gasteiger partial charge in [0.1, 0.15) is 0 Å². The summed E-state index contributed by atoms with van der Waals surface area (Å²) >= 11 is 0. The van der Waals surface area contributed by atoms with Crippen molar-refractivity contribution in [3.8, 4) is 0 Å². The van der Waals surface area contributed by atoms with Gasteiger partial charge in [-0.2, -0.15) is 0 Å². The standard InChI is InChI=1S/C13H20N2/c1-9-6-10(13(2,3)4)12-11(7-9)14-8-15(12)5/h6,8-9H,7H2,1-5H3. The molecule has 0 radical (unpaired) electrons. The van der Waals surface area contributed by atoms with Crippen LogP contribution in [0.5, 0.6) is 0 Å². The normalized spacial score (nSPS) is 21.1. The Kier molecular flexibility index (Phi) is 2.25. The lowest BCUT2D eigenvalue weighted by Crippen LogP contribution is -2.18. The second kappa shape index (κ2) is 3.22. The fourth-order valence-electron chi connectivity index (χ4n) is 2.31. The molecule has 0 aromatic carbocycles. The number of imidazole rings is 1. The summed E-state index contributed by atoms with van der Waals surface area (Å²) in [4.78, 5) is 4.49. The topological polar surface area (TPSA) is 17.8 Å². The minimum atomic E-state index is 0.206. The van der Waals surface area contributed by atoms with Gasteiger partial charge in [-0.25, -0.2) is 4.98 Å². The van der Waals surface area contributed by atoms with Crippen molar-refractivity contribution in [2.24, 2.45) is 18.4 Å². The minimum Gasteiger partial charge on any atom is -0.334 e. The first kappa shape index (κ1) is 10.5. The lowest BCUT2D eigenvalue weighted by atomic mass is 9.78. The van der Waals surface area contributed by atoms with Gasteiger partial charge < -0.3 is 4.57 Å². The maximum atomic E-state index is 4.49. The molecular formula is C13H20N2. The molecule has 0 spiro atoms. The zero-order valence-corrected chi connectivity index (χ0v) is 10.3. The molecule has 0 N–H and O–H groups in total. The Morgan fingerprint density at radius 2 is 2.07 bits per heavy atom. The van der Waals surface area contributed by atoms with E-state index in [4.69, 9.17) is 0 Å². The van der Waals surface area contributed by atoms with Crippen LogP contribution in [-0.2, 0) is 13.5 Å². The van der Waals surface area contributed by atoms with E-state index in [1.807, 2.05) is 6.33 Å². The number of fused-ring (bicyclic) bond motifs is 1. The first-order valence-corrected chi connectivity index (χ1v) is 5.62. The molecule has 1 aliphatic rings. The SMILES string of the molecule is CC1C=C(C(C)(C)C)c2c(ncn2C)C1. The van der Waals surface area contributed by atoms with Crippen LogP contribution in [0.4, 0.5) is 0 Å². The van der Waals surface area contributed by atoms with Gasteiger partial charge in [0.15, 0.2) is 0 Å². The number of rotatable bonds is 0. The highest BCUT2D eigenvalue weighted by atomic mass is 15.0. The predicted molar refractivity (Wildman–Crippen MR) is 63.5 cm³/mol. The first-order chi connectivity index (χ1) is 6.89. The van der Waals surface area contributed by atoms with E-state index in [2.05, 4.69) is 50.4 Å². The Bertz CT molecular complexity index is 405. The van der Waals surface area contributed by atoms with Crippen molar-refractivity contribution in [2.75, 3.05) is 0 Å². The highest BCUT2D eigenvalue weighted by Crippen LogP contribution is 2.39. The summed E-state index contributed by atoms with van der Waals surface area (Å²) in [7, 11) is 2.08. The highest BCUT2D eigenvalue weighted by Gasteiger charge is 2.28. The van der Waals surface area contributed by atoms with Crippen molar-refractivity contribution in [3.63, 3.8) is 0 Å². The zero-order valence-electron chi connectivity index (χ0n) is 10.3. The summed E-state index contributed by atoms with van der Waals surface area (Å²) in [5.41, 5.74) is 4.24. The summed E-state index contributed by atoms with van der Waals surface area (Å²) in [6, 6.07) is 0. The maximum Gasteiger partial charge on any atom is 0.0951 e. The van der Waals surface area contributed by atoms with Crippen LogP contribution in [0.3, 0.4) is 0 Å². The molecular weight excluding hydrogens is 184 g/mol. The summed E-state index contributed by atoms with van der Waals surface area (Å²) in [6.45, 7) is 9.08. The molecule has 1 aromatic heterocycles. The van der Waals surface area contributed by atoms with Crippen LogP contribution < -0.4 is 0 Å². The molecule has 0 saturated carbocycles. The molecule has 0 fully saturated rings. The molecule has 15 heavy (non-hydrogen) atoms. The third kappa shape index (κ3) is 1.73. The smallest absolute Gasteiger partial charge is 0.0951 e. The largest absolute Gasteiger partial charge is 0.334 e. The van der Waals surface area contributed by atoms with Gasteiger partial charge in [0, 0.05) is 7.05 Å². The summed E-state index contributed by atoms with van der Waals surface area (Å²) in [5.74, 6) is 0.613. The Morgan fingerprint density at radius 3 is 2.67 bits per heavy atom. The lowest BCUT2D eigenvalue weighted by Gasteiger charge is -2.29. The second-order valence-corrected chi connectivity index (χ2v) is 5.66. The summed E-state index contributed by atoms with van der Waals surface area (Å²) in [5, 5.41) is 0. The van der Waals surface area contributed by atoms with E-state index in [9.17, 15) is 0 Å². The molecule has 0 saturated heterocycles. The van der Waals surface area contributed by atoms with E-state index < -0.39 is 0 Å². The Morgan fingerprint density at radius 1 is 1.40 bits per heavy atom. The summed E-state index contributed by atoms with van der Waals surface area (Å²) in [6.07, 6.45) is 5.42. The molecule has 2 rings (SSSR count). The molecule has 1 aromatic rings. The van der Waals surface area contributed by atoms with Gasteiger partial charge in [-0.1, -0.05) is 33.8 Å². The molecule has 1 unspecified atom stereocenters. The van der Waals surface area contributed by atoms with Gasteiger partial charge in [0.05, 0.1) is 17.7 Å². The van der Waals surface area contributed by atoms with Gasteiger partial charge >= 0.3 is 0 Å². The number of nitrogens with zero attached hydrogens (tertiary/aromatic N) is 2. The monoisotopic (exact) mass is 204 g/mol. The molecule has 0 aliphatic heterocycles. The predicted octanol–water partition coefficient (Wildman–Crippen LogP) is 3.04. The van der Waals surface area contributed by atoms with E-state index in [-0.39, 0.29) is 5.41 Å². The number of aromatic nitrogens is 2. The number of hydrogen-bond acceptors (Lipinski definition) is 1. The fourth-order valence-corrected chi connectivity index (χ4v) is 2.31. The highest BCUT2D eigenvalue weighted by molar-refractivity contribution is 5.70. The van der Waals surface area contributed by atoms with Crippen molar-refractivity contribution in [1.82, 2.24) is 9.55 Å². The number of hydrogen-bond donors (Lipinski definition) is 0. The minimum absolute atomic E-state index is 0.206. The van der Waals surface area contributed by atoms with Crippen molar-refractivity contribution in [1.29, 1.82) is 0 Å². The quantitative estimate of drug-likeness (QED) is 0.635. The van der Waals surface area contributed by atoms with Gasteiger partial charge in [0.25, 0.3) is 0 Å². The molecule has 0 bridgehead atoms. The fraction of sp³-hybridized carbons (Fsp3) is 0.615. The van der Waals surface area contributed by atoms with E-state index in [1.165, 1.54) is 17.0 Å². The maximum absolute atomic E-state index is 4.49. The van der Waals surface area contributed by atoms with E-state index >= 15 is 0 Å². The third-order valence-corrected chi connectivity index (χ3v) is 3.04. The number of allylic oxidation sites excluding steroid dienone is 2. The average molecular weight is 204 g/mol. The van der Waals surface area contributed by atoms with Crippen LogP contribution in [0.2, 0.25) is 0 Å². The van der Waals surface area contributed by atoms with Crippen molar-refractivity contribution >= 4 is 5.57 Å². The van der Waals surface area contributed by atoms with Gasteiger partial charge in [0.2, 0.25) is 0 Å². The van der Waals surface area contributed by atoms with Gasteiger partial charge in [-0.15, -0.1) is 0 Å². The summed E-state index contributed by atoms with van der Waals surface area (Å²) < 4.78 is 2.15. The average Bonchev–Trinajstić information content (AvgIpc) is 2.44.